The van der Waals surface area contributed by atoms with Crippen molar-refractivity contribution in [1.82, 2.24) is 5.32 Å². The molecule has 25 heavy (non-hydrogen) atoms. The third-order valence-corrected chi connectivity index (χ3v) is 6.00. The van der Waals surface area contributed by atoms with Crippen molar-refractivity contribution >= 4 is 51.0 Å². The summed E-state index contributed by atoms with van der Waals surface area (Å²) < 4.78 is 19.9. The van der Waals surface area contributed by atoms with Gasteiger partial charge in [0.15, 0.2) is 0 Å². The molecule has 0 aromatic heterocycles. The largest absolute Gasteiger partial charge is 0.442 e. The van der Waals surface area contributed by atoms with E-state index >= 15 is 0 Å². The number of benzene rings is 1. The Morgan fingerprint density at radius 1 is 1.48 bits per heavy atom. The van der Waals surface area contributed by atoms with E-state index in [4.69, 9.17) is 17.0 Å². The van der Waals surface area contributed by atoms with Crippen LogP contribution in [0.15, 0.2) is 18.2 Å². The lowest BCUT2D eigenvalue weighted by molar-refractivity contribution is 0.143. The van der Waals surface area contributed by atoms with Crippen LogP contribution in [-0.2, 0) is 4.74 Å². The van der Waals surface area contributed by atoms with Crippen LogP contribution in [0.25, 0.3) is 0 Å². The minimum Gasteiger partial charge on any atom is -0.442 e. The number of halogens is 1. The summed E-state index contributed by atoms with van der Waals surface area (Å²) in [4.78, 5) is 16.2. The zero-order valence-corrected chi connectivity index (χ0v) is 15.8. The molecular formula is C17H22FN3O2S2. The van der Waals surface area contributed by atoms with Crippen LogP contribution in [-0.4, -0.2) is 60.7 Å². The van der Waals surface area contributed by atoms with Crippen molar-refractivity contribution in [3.8, 4) is 0 Å². The maximum Gasteiger partial charge on any atom is 0.414 e. The molecule has 1 N–H and O–H groups in total. The molecule has 136 valence electrons. The molecule has 0 unspecified atom stereocenters. The quantitative estimate of drug-likeness (QED) is 0.810. The van der Waals surface area contributed by atoms with Gasteiger partial charge in [-0.1, -0.05) is 18.1 Å². The lowest BCUT2D eigenvalue weighted by atomic mass is 10.2. The molecule has 8 heteroatoms. The standard InChI is InChI=1S/C17H22FN3O2S2/c1-12(24)19-10-14-11-21(17(22)23-14)13-3-4-16(15(18)9-13)20-5-7-25(2)8-6-20/h3-4,9,14H,2,5-8,10-11H2,1H3,(H,19,24)/t14-/m0/s1. The van der Waals surface area contributed by atoms with E-state index < -0.39 is 6.09 Å². The number of carbonyl (C=O) groups is 1. The second-order valence-electron chi connectivity index (χ2n) is 6.20. The highest BCUT2D eigenvalue weighted by molar-refractivity contribution is 8.14. The predicted molar refractivity (Wildman–Crippen MR) is 107 cm³/mol. The number of carbonyl (C=O) groups excluding carboxylic acids is 1. The van der Waals surface area contributed by atoms with Crippen molar-refractivity contribution < 1.29 is 13.9 Å². The van der Waals surface area contributed by atoms with Gasteiger partial charge in [-0.3, -0.25) is 4.90 Å². The SMILES string of the molecule is C=S1CCN(c2ccc(N3C[C@H](CNC(C)=S)OC3=O)cc2F)CC1. The average molecular weight is 384 g/mol. The monoisotopic (exact) mass is 383 g/mol. The lowest BCUT2D eigenvalue weighted by Gasteiger charge is -2.31. The molecule has 1 amide bonds. The first-order valence-electron chi connectivity index (χ1n) is 8.18. The zero-order valence-electron chi connectivity index (χ0n) is 14.2. The highest BCUT2D eigenvalue weighted by Crippen LogP contribution is 2.29. The summed E-state index contributed by atoms with van der Waals surface area (Å²) >= 11 is 4.96. The fraction of sp³-hybridized carbons (Fsp3) is 0.471. The van der Waals surface area contributed by atoms with Gasteiger partial charge >= 0.3 is 6.09 Å². The average Bonchev–Trinajstić information content (AvgIpc) is 2.95. The second kappa shape index (κ2) is 7.70. The number of hydrogen-bond acceptors (Lipinski definition) is 4. The molecule has 0 bridgehead atoms. The molecule has 2 aliphatic heterocycles. The van der Waals surface area contributed by atoms with E-state index in [0.29, 0.717) is 29.5 Å². The van der Waals surface area contributed by atoms with E-state index in [1.807, 2.05) is 4.90 Å². The molecule has 1 atom stereocenters. The van der Waals surface area contributed by atoms with Crippen LogP contribution in [0.5, 0.6) is 0 Å². The van der Waals surface area contributed by atoms with Crippen molar-refractivity contribution in [1.29, 1.82) is 0 Å². The van der Waals surface area contributed by atoms with Crippen LogP contribution in [0.4, 0.5) is 20.6 Å². The third kappa shape index (κ3) is 4.30. The number of thiocarbonyl (C=S) groups is 1. The Kier molecular flexibility index (Phi) is 5.58. The first-order chi connectivity index (χ1) is 11.9. The summed E-state index contributed by atoms with van der Waals surface area (Å²) in [5, 5.41) is 2.99. The van der Waals surface area contributed by atoms with Gasteiger partial charge < -0.3 is 15.0 Å². The Morgan fingerprint density at radius 3 is 2.84 bits per heavy atom. The first-order valence-corrected chi connectivity index (χ1v) is 10.3. The Bertz CT molecular complexity index is 703. The number of hydrogen-bond donors (Lipinski definition) is 1. The van der Waals surface area contributed by atoms with Crippen LogP contribution in [0.2, 0.25) is 0 Å². The molecule has 1 aromatic carbocycles. The van der Waals surface area contributed by atoms with Crippen molar-refractivity contribution in [3.05, 3.63) is 24.0 Å². The molecule has 0 radical (unpaired) electrons. The molecule has 3 rings (SSSR count). The highest BCUT2D eigenvalue weighted by atomic mass is 32.2. The third-order valence-electron chi connectivity index (χ3n) is 4.34. The molecular weight excluding hydrogens is 361 g/mol. The topological polar surface area (TPSA) is 44.8 Å². The number of ether oxygens (including phenoxy) is 1. The summed E-state index contributed by atoms with van der Waals surface area (Å²) in [6.07, 6.45) is -0.759. The minimum absolute atomic E-state index is 0.189. The van der Waals surface area contributed by atoms with Crippen LogP contribution < -0.4 is 15.1 Å². The fourth-order valence-electron chi connectivity index (χ4n) is 2.95. The van der Waals surface area contributed by atoms with Gasteiger partial charge in [-0.05, 0) is 25.1 Å². The van der Waals surface area contributed by atoms with Gasteiger partial charge in [0, 0.05) is 24.6 Å². The molecule has 2 aliphatic rings. The van der Waals surface area contributed by atoms with Gasteiger partial charge in [-0.15, -0.1) is 0 Å². The number of amides is 1. The molecule has 5 nitrogen and oxygen atoms in total. The predicted octanol–water partition coefficient (Wildman–Crippen LogP) is 2.61. The number of nitrogens with one attached hydrogen (secondary N) is 1. The normalized spacial score (nSPS) is 21.4. The maximum atomic E-state index is 14.6. The Labute approximate surface area is 155 Å². The summed E-state index contributed by atoms with van der Waals surface area (Å²) in [5.41, 5.74) is 1.10. The van der Waals surface area contributed by atoms with E-state index in [9.17, 15) is 9.18 Å². The van der Waals surface area contributed by atoms with Gasteiger partial charge in [0.2, 0.25) is 0 Å². The first kappa shape index (κ1) is 18.1. The Morgan fingerprint density at radius 2 is 2.20 bits per heavy atom. The van der Waals surface area contributed by atoms with Crippen LogP contribution in [0, 0.1) is 5.82 Å². The van der Waals surface area contributed by atoms with E-state index in [0.717, 1.165) is 24.6 Å². The molecule has 2 fully saturated rings. The molecule has 0 saturated carbocycles. The van der Waals surface area contributed by atoms with Crippen molar-refractivity contribution in [2.45, 2.75) is 13.0 Å². The molecule has 1 aromatic rings. The summed E-state index contributed by atoms with van der Waals surface area (Å²) in [6.45, 7) is 4.24. The van der Waals surface area contributed by atoms with Crippen molar-refractivity contribution in [2.75, 3.05) is 47.5 Å². The maximum absolute atomic E-state index is 14.6. The summed E-state index contributed by atoms with van der Waals surface area (Å²) in [7, 11) is 0.189. The van der Waals surface area contributed by atoms with Gasteiger partial charge in [-0.2, -0.15) is 10.5 Å². The number of rotatable bonds is 4. The summed E-state index contributed by atoms with van der Waals surface area (Å²) in [6, 6.07) is 4.94. The zero-order chi connectivity index (χ0) is 18.0. The summed E-state index contributed by atoms with van der Waals surface area (Å²) in [5.74, 6) is 5.77. The van der Waals surface area contributed by atoms with E-state index in [2.05, 4.69) is 11.2 Å². The number of anilines is 2. The minimum atomic E-state index is -0.458. The van der Waals surface area contributed by atoms with Gasteiger partial charge in [0.25, 0.3) is 0 Å². The second-order valence-corrected chi connectivity index (χ2v) is 8.85. The number of cyclic esters (lactones) is 1. The van der Waals surface area contributed by atoms with Crippen LogP contribution >= 0.6 is 22.7 Å². The van der Waals surface area contributed by atoms with Crippen LogP contribution in [0.1, 0.15) is 6.92 Å². The van der Waals surface area contributed by atoms with E-state index in [1.165, 1.54) is 11.0 Å². The Balaban J connectivity index is 1.69. The molecule has 2 heterocycles. The van der Waals surface area contributed by atoms with E-state index in [1.54, 1.807) is 19.1 Å². The molecule has 2 saturated heterocycles. The lowest BCUT2D eigenvalue weighted by Crippen LogP contribution is -2.34. The van der Waals surface area contributed by atoms with Gasteiger partial charge in [-0.25, -0.2) is 9.18 Å². The Hall–Kier alpha value is -1.67. The molecule has 0 aliphatic carbocycles. The van der Waals surface area contributed by atoms with Crippen LogP contribution in [0.3, 0.4) is 0 Å². The van der Waals surface area contributed by atoms with Gasteiger partial charge in [0.05, 0.1) is 29.5 Å². The van der Waals surface area contributed by atoms with E-state index in [-0.39, 0.29) is 22.4 Å². The molecule has 0 spiro atoms. The highest BCUT2D eigenvalue weighted by Gasteiger charge is 2.32. The smallest absolute Gasteiger partial charge is 0.414 e. The van der Waals surface area contributed by atoms with Crippen molar-refractivity contribution in [2.24, 2.45) is 0 Å². The van der Waals surface area contributed by atoms with Crippen molar-refractivity contribution in [3.63, 3.8) is 0 Å². The van der Waals surface area contributed by atoms with Gasteiger partial charge in [0.1, 0.15) is 11.9 Å². The number of nitrogens with zero attached hydrogens (tertiary/aromatic N) is 2. The fourth-order valence-corrected chi connectivity index (χ4v) is 4.19.